The van der Waals surface area contributed by atoms with Crippen molar-refractivity contribution in [3.05, 3.63) is 11.9 Å². The minimum atomic E-state index is 0.0974. The van der Waals surface area contributed by atoms with E-state index >= 15 is 0 Å². The topological polar surface area (TPSA) is 51.5 Å². The Labute approximate surface area is 121 Å². The molecule has 1 fully saturated rings. The summed E-state index contributed by atoms with van der Waals surface area (Å²) in [5.74, 6) is 0.818. The summed E-state index contributed by atoms with van der Waals surface area (Å²) in [5, 5.41) is 7.90. The predicted molar refractivity (Wildman–Crippen MR) is 78.0 cm³/mol. The van der Waals surface area contributed by atoms with Gasteiger partial charge in [0.15, 0.2) is 5.75 Å². The average molecular weight is 282 g/mol. The smallest absolute Gasteiger partial charge is 0.161 e. The molecule has 0 aliphatic carbocycles. The van der Waals surface area contributed by atoms with E-state index in [4.69, 9.17) is 9.47 Å². The van der Waals surface area contributed by atoms with E-state index in [0.717, 1.165) is 44.1 Å². The van der Waals surface area contributed by atoms with Gasteiger partial charge in [0.25, 0.3) is 0 Å². The Morgan fingerprint density at radius 3 is 3.00 bits per heavy atom. The van der Waals surface area contributed by atoms with Gasteiger partial charge < -0.3 is 19.7 Å². The second-order valence-electron chi connectivity index (χ2n) is 5.33. The summed E-state index contributed by atoms with van der Waals surface area (Å²) in [7, 11) is 5.77. The fourth-order valence-electron chi connectivity index (χ4n) is 2.66. The van der Waals surface area contributed by atoms with Crippen LogP contribution in [0.5, 0.6) is 5.75 Å². The van der Waals surface area contributed by atoms with E-state index in [9.17, 15) is 0 Å². The molecule has 1 aliphatic rings. The van der Waals surface area contributed by atoms with Gasteiger partial charge in [-0.2, -0.15) is 5.10 Å². The summed E-state index contributed by atoms with van der Waals surface area (Å²) in [5.41, 5.74) is 1.06. The molecule has 6 heteroatoms. The van der Waals surface area contributed by atoms with E-state index in [1.807, 2.05) is 11.7 Å². The van der Waals surface area contributed by atoms with E-state index in [1.54, 1.807) is 13.3 Å². The van der Waals surface area contributed by atoms with Crippen molar-refractivity contribution < 1.29 is 9.47 Å². The van der Waals surface area contributed by atoms with Crippen LogP contribution in [0.4, 0.5) is 0 Å². The molecule has 0 spiro atoms. The van der Waals surface area contributed by atoms with Crippen LogP contribution in [0.2, 0.25) is 0 Å². The number of aromatic nitrogens is 2. The number of methoxy groups -OCH3 is 1. The Hall–Kier alpha value is -1.11. The molecule has 1 aromatic heterocycles. The van der Waals surface area contributed by atoms with Gasteiger partial charge in [0.1, 0.15) is 0 Å². The number of likely N-dealkylation sites (N-methyl/N-ethyl adjacent to an activating group) is 1. The molecule has 0 radical (unpaired) electrons. The van der Waals surface area contributed by atoms with E-state index < -0.39 is 0 Å². The molecule has 1 N–H and O–H groups in total. The van der Waals surface area contributed by atoms with Crippen molar-refractivity contribution in [3.63, 3.8) is 0 Å². The monoisotopic (exact) mass is 282 g/mol. The second-order valence-corrected chi connectivity index (χ2v) is 5.33. The van der Waals surface area contributed by atoms with Crippen molar-refractivity contribution in [2.75, 3.05) is 40.4 Å². The molecule has 1 aliphatic heterocycles. The van der Waals surface area contributed by atoms with Crippen molar-refractivity contribution >= 4 is 0 Å². The van der Waals surface area contributed by atoms with Crippen molar-refractivity contribution in [3.8, 4) is 5.75 Å². The molecule has 2 rings (SSSR count). The van der Waals surface area contributed by atoms with Crippen LogP contribution in [0.25, 0.3) is 0 Å². The van der Waals surface area contributed by atoms with Gasteiger partial charge >= 0.3 is 0 Å². The lowest BCUT2D eigenvalue weighted by atomic mass is 10.0. The van der Waals surface area contributed by atoms with Gasteiger partial charge in [0.05, 0.1) is 37.8 Å². The van der Waals surface area contributed by atoms with Gasteiger partial charge in [0, 0.05) is 20.1 Å². The molecule has 0 saturated carbocycles. The third kappa shape index (κ3) is 3.31. The van der Waals surface area contributed by atoms with Crippen LogP contribution in [0.1, 0.15) is 25.1 Å². The Balaban J connectivity index is 2.23. The van der Waals surface area contributed by atoms with Crippen LogP contribution in [-0.2, 0) is 11.8 Å². The maximum absolute atomic E-state index is 5.99. The molecule has 20 heavy (non-hydrogen) atoms. The summed E-state index contributed by atoms with van der Waals surface area (Å²) in [6, 6.07) is 0.0974. The molecular weight excluding hydrogens is 256 g/mol. The minimum Gasteiger partial charge on any atom is -0.493 e. The first-order valence-corrected chi connectivity index (χ1v) is 7.26. The molecule has 6 nitrogen and oxygen atoms in total. The normalized spacial score (nSPS) is 21.9. The van der Waals surface area contributed by atoms with E-state index in [1.165, 1.54) is 0 Å². The Bertz CT molecular complexity index is 421. The number of nitrogens with one attached hydrogen (secondary N) is 1. The predicted octanol–water partition coefficient (Wildman–Crippen LogP) is 0.800. The first-order valence-electron chi connectivity index (χ1n) is 7.26. The summed E-state index contributed by atoms with van der Waals surface area (Å²) >= 11 is 0. The Kier molecular flexibility index (Phi) is 5.39. The number of nitrogens with zero attached hydrogens (tertiary/aromatic N) is 3. The van der Waals surface area contributed by atoms with Crippen LogP contribution in [0, 0.1) is 0 Å². The summed E-state index contributed by atoms with van der Waals surface area (Å²) in [6.07, 6.45) is 2.96. The van der Waals surface area contributed by atoms with Gasteiger partial charge in [-0.25, -0.2) is 0 Å². The molecule has 0 bridgehead atoms. The van der Waals surface area contributed by atoms with Gasteiger partial charge in [-0.05, 0) is 20.0 Å². The van der Waals surface area contributed by atoms with Gasteiger partial charge in [-0.1, -0.05) is 6.92 Å². The highest BCUT2D eigenvalue weighted by Gasteiger charge is 2.32. The third-order valence-corrected chi connectivity index (χ3v) is 3.75. The number of morpholine rings is 1. The number of hydrogen-bond donors (Lipinski definition) is 1. The van der Waals surface area contributed by atoms with E-state index in [2.05, 4.69) is 29.3 Å². The van der Waals surface area contributed by atoms with Crippen molar-refractivity contribution in [1.29, 1.82) is 0 Å². The summed E-state index contributed by atoms with van der Waals surface area (Å²) in [4.78, 5) is 2.30. The molecule has 0 aromatic carbocycles. The quantitative estimate of drug-likeness (QED) is 0.836. The zero-order valence-corrected chi connectivity index (χ0v) is 12.9. The molecular formula is C14H26N4O2. The Morgan fingerprint density at radius 1 is 1.55 bits per heavy atom. The van der Waals surface area contributed by atoms with E-state index in [0.29, 0.717) is 0 Å². The summed E-state index contributed by atoms with van der Waals surface area (Å²) < 4.78 is 13.3. The number of rotatable bonds is 6. The first-order chi connectivity index (χ1) is 9.67. The van der Waals surface area contributed by atoms with Gasteiger partial charge in [0.2, 0.25) is 0 Å². The second kappa shape index (κ2) is 7.06. The highest BCUT2D eigenvalue weighted by atomic mass is 16.5. The zero-order chi connectivity index (χ0) is 14.5. The minimum absolute atomic E-state index is 0.0974. The molecule has 2 unspecified atom stereocenters. The molecule has 1 saturated heterocycles. The average Bonchev–Trinajstić information content (AvgIpc) is 2.81. The number of aryl methyl sites for hydroxylation is 1. The van der Waals surface area contributed by atoms with Crippen LogP contribution in [-0.4, -0.2) is 61.2 Å². The van der Waals surface area contributed by atoms with Crippen LogP contribution in [0.3, 0.4) is 0 Å². The van der Waals surface area contributed by atoms with Crippen molar-refractivity contribution in [1.82, 2.24) is 20.0 Å². The van der Waals surface area contributed by atoms with Crippen molar-refractivity contribution in [2.45, 2.75) is 25.5 Å². The lowest BCUT2D eigenvalue weighted by Gasteiger charge is -2.35. The number of hydrogen-bond acceptors (Lipinski definition) is 5. The standard InChI is InChI=1S/C14H26N4O2/c1-5-6-15-13(12-10-17(2)7-8-20-12)14-11(19-4)9-16-18(14)3/h9,12-13,15H,5-8,10H2,1-4H3. The highest BCUT2D eigenvalue weighted by Crippen LogP contribution is 2.29. The maximum Gasteiger partial charge on any atom is 0.161 e. The molecule has 114 valence electrons. The fraction of sp³-hybridized carbons (Fsp3) is 0.786. The molecule has 2 heterocycles. The lowest BCUT2D eigenvalue weighted by molar-refractivity contribution is -0.0408. The van der Waals surface area contributed by atoms with Crippen molar-refractivity contribution in [2.24, 2.45) is 7.05 Å². The van der Waals surface area contributed by atoms with Crippen LogP contribution >= 0.6 is 0 Å². The van der Waals surface area contributed by atoms with Crippen LogP contribution in [0.15, 0.2) is 6.20 Å². The SMILES string of the molecule is CCCNC(c1c(OC)cnn1C)C1CN(C)CCO1. The zero-order valence-electron chi connectivity index (χ0n) is 12.9. The van der Waals surface area contributed by atoms with E-state index in [-0.39, 0.29) is 12.1 Å². The third-order valence-electron chi connectivity index (χ3n) is 3.75. The summed E-state index contributed by atoms with van der Waals surface area (Å²) in [6.45, 7) is 5.78. The van der Waals surface area contributed by atoms with Gasteiger partial charge in [-0.15, -0.1) is 0 Å². The number of ether oxygens (including phenoxy) is 2. The molecule has 0 amide bonds. The first kappa shape index (κ1) is 15.3. The highest BCUT2D eigenvalue weighted by molar-refractivity contribution is 5.29. The lowest BCUT2D eigenvalue weighted by Crippen LogP contribution is -2.47. The largest absolute Gasteiger partial charge is 0.493 e. The fourth-order valence-corrected chi connectivity index (χ4v) is 2.66. The molecule has 2 atom stereocenters. The van der Waals surface area contributed by atoms with Crippen LogP contribution < -0.4 is 10.1 Å². The van der Waals surface area contributed by atoms with Gasteiger partial charge in [-0.3, -0.25) is 4.68 Å². The Morgan fingerprint density at radius 2 is 2.35 bits per heavy atom. The maximum atomic E-state index is 5.99. The molecule has 1 aromatic rings.